The zero-order valence-corrected chi connectivity index (χ0v) is 18.7. The molecule has 0 unspecified atom stereocenters. The van der Waals surface area contributed by atoms with Crippen molar-refractivity contribution in [3.63, 3.8) is 0 Å². The van der Waals surface area contributed by atoms with Crippen LogP contribution in [0.2, 0.25) is 0 Å². The Bertz CT molecular complexity index is 1160. The highest BCUT2D eigenvalue weighted by Crippen LogP contribution is 2.32. The van der Waals surface area contributed by atoms with E-state index in [2.05, 4.69) is 14.9 Å². The molecule has 1 aromatic heterocycles. The van der Waals surface area contributed by atoms with Crippen molar-refractivity contribution in [2.45, 2.75) is 34.8 Å². The minimum atomic E-state index is -3.79. The lowest BCUT2D eigenvalue weighted by atomic mass is 10.0. The molecule has 0 fully saturated rings. The Labute approximate surface area is 183 Å². The fraction of sp³-hybridized carbons (Fsp3) is 0.250. The highest BCUT2D eigenvalue weighted by atomic mass is 32.2. The summed E-state index contributed by atoms with van der Waals surface area (Å²) in [5.41, 5.74) is 2.80. The summed E-state index contributed by atoms with van der Waals surface area (Å²) in [6.07, 6.45) is 1.55. The average molecular weight is 461 g/mol. The van der Waals surface area contributed by atoms with Crippen LogP contribution in [-0.4, -0.2) is 31.1 Å². The number of amides is 1. The van der Waals surface area contributed by atoms with Gasteiger partial charge in [0.25, 0.3) is 10.0 Å². The molecule has 30 heavy (non-hydrogen) atoms. The first-order chi connectivity index (χ1) is 14.4. The first kappa shape index (κ1) is 20.8. The largest absolute Gasteiger partial charge is 0.312 e. The van der Waals surface area contributed by atoms with Gasteiger partial charge in [-0.25, -0.2) is 8.42 Å². The number of aromatic nitrogens is 2. The molecule has 0 atom stereocenters. The summed E-state index contributed by atoms with van der Waals surface area (Å²) in [6.45, 7) is 2.17. The van der Waals surface area contributed by atoms with Crippen LogP contribution in [0.3, 0.4) is 0 Å². The van der Waals surface area contributed by atoms with Crippen LogP contribution >= 0.6 is 23.1 Å². The van der Waals surface area contributed by atoms with Gasteiger partial charge in [-0.05, 0) is 42.2 Å². The standard InChI is InChI=1S/C20H20N4O3S3/c1-14(25)24-11-5-8-16-12-17(9-10-18(16)24)30(26,27)23-19-21-22-20(29-19)28-13-15-6-3-2-4-7-15/h2-4,6-7,9-10,12H,5,8,11,13H2,1H3,(H,21,23). The van der Waals surface area contributed by atoms with E-state index in [0.29, 0.717) is 10.9 Å². The molecule has 2 aromatic carbocycles. The number of rotatable bonds is 6. The Hall–Kier alpha value is -2.43. The maximum atomic E-state index is 12.8. The van der Waals surface area contributed by atoms with Crippen LogP contribution in [0.4, 0.5) is 10.8 Å². The quantitative estimate of drug-likeness (QED) is 0.561. The summed E-state index contributed by atoms with van der Waals surface area (Å²) in [6, 6.07) is 14.8. The number of carbonyl (C=O) groups is 1. The van der Waals surface area contributed by atoms with Gasteiger partial charge in [0.15, 0.2) is 4.34 Å². The fourth-order valence-electron chi connectivity index (χ4n) is 3.27. The number of anilines is 2. The molecule has 0 saturated heterocycles. The van der Waals surface area contributed by atoms with Crippen LogP contribution in [0.5, 0.6) is 0 Å². The predicted octanol–water partition coefficient (Wildman–Crippen LogP) is 3.93. The number of thioether (sulfide) groups is 1. The molecule has 1 aliphatic heterocycles. The monoisotopic (exact) mass is 460 g/mol. The van der Waals surface area contributed by atoms with Crippen LogP contribution in [0.1, 0.15) is 24.5 Å². The van der Waals surface area contributed by atoms with E-state index in [1.165, 1.54) is 36.1 Å². The van der Waals surface area contributed by atoms with Gasteiger partial charge in [0, 0.05) is 24.9 Å². The summed E-state index contributed by atoms with van der Waals surface area (Å²) >= 11 is 2.71. The van der Waals surface area contributed by atoms with Crippen molar-refractivity contribution in [3.8, 4) is 0 Å². The molecule has 4 rings (SSSR count). The zero-order chi connectivity index (χ0) is 21.1. The average Bonchev–Trinajstić information content (AvgIpc) is 3.18. The molecule has 1 aliphatic rings. The molecule has 0 aliphatic carbocycles. The lowest BCUT2D eigenvalue weighted by Gasteiger charge is -2.28. The molecule has 3 aromatic rings. The highest BCUT2D eigenvalue weighted by Gasteiger charge is 2.24. The number of fused-ring (bicyclic) bond motifs is 1. The lowest BCUT2D eigenvalue weighted by molar-refractivity contribution is -0.116. The Morgan fingerprint density at radius 1 is 1.20 bits per heavy atom. The van der Waals surface area contributed by atoms with Crippen LogP contribution in [0.25, 0.3) is 0 Å². The van der Waals surface area contributed by atoms with Crippen molar-refractivity contribution >= 4 is 49.8 Å². The Kier molecular flexibility index (Phi) is 6.07. The molecule has 1 amide bonds. The third-order valence-corrected chi connectivity index (χ3v) is 8.20. The maximum absolute atomic E-state index is 12.8. The molecular weight excluding hydrogens is 440 g/mol. The van der Waals surface area contributed by atoms with Crippen molar-refractivity contribution in [1.82, 2.24) is 10.2 Å². The van der Waals surface area contributed by atoms with E-state index in [1.54, 1.807) is 17.0 Å². The molecule has 2 heterocycles. The summed E-state index contributed by atoms with van der Waals surface area (Å²) < 4.78 is 28.9. The van der Waals surface area contributed by atoms with E-state index in [0.717, 1.165) is 35.4 Å². The van der Waals surface area contributed by atoms with E-state index >= 15 is 0 Å². The van der Waals surface area contributed by atoms with Crippen LogP contribution in [0.15, 0.2) is 57.8 Å². The van der Waals surface area contributed by atoms with E-state index in [9.17, 15) is 13.2 Å². The van der Waals surface area contributed by atoms with E-state index in [1.807, 2.05) is 30.3 Å². The van der Waals surface area contributed by atoms with Gasteiger partial charge in [0.2, 0.25) is 11.0 Å². The minimum Gasteiger partial charge on any atom is -0.312 e. The number of hydrogen-bond donors (Lipinski definition) is 1. The van der Waals surface area contributed by atoms with Crippen molar-refractivity contribution in [2.24, 2.45) is 0 Å². The van der Waals surface area contributed by atoms with Crippen LogP contribution < -0.4 is 9.62 Å². The Balaban J connectivity index is 1.47. The summed E-state index contributed by atoms with van der Waals surface area (Å²) in [7, 11) is -3.79. The van der Waals surface area contributed by atoms with Crippen LogP contribution in [0, 0.1) is 0 Å². The molecule has 156 valence electrons. The lowest BCUT2D eigenvalue weighted by Crippen LogP contribution is -2.33. The van der Waals surface area contributed by atoms with Gasteiger partial charge >= 0.3 is 0 Å². The van der Waals surface area contributed by atoms with E-state index in [-0.39, 0.29) is 15.9 Å². The van der Waals surface area contributed by atoms with Gasteiger partial charge in [-0.1, -0.05) is 53.4 Å². The number of benzene rings is 2. The first-order valence-corrected chi connectivity index (χ1v) is 12.6. The number of nitrogens with zero attached hydrogens (tertiary/aromatic N) is 3. The van der Waals surface area contributed by atoms with Gasteiger partial charge in [-0.3, -0.25) is 9.52 Å². The van der Waals surface area contributed by atoms with Crippen molar-refractivity contribution in [3.05, 3.63) is 59.7 Å². The fourth-order valence-corrected chi connectivity index (χ4v) is 6.26. The van der Waals surface area contributed by atoms with Crippen molar-refractivity contribution in [1.29, 1.82) is 0 Å². The number of sulfonamides is 1. The molecule has 10 heteroatoms. The molecule has 0 spiro atoms. The third kappa shape index (κ3) is 4.66. The van der Waals surface area contributed by atoms with Crippen molar-refractivity contribution in [2.75, 3.05) is 16.2 Å². The van der Waals surface area contributed by atoms with Gasteiger partial charge < -0.3 is 4.90 Å². The minimum absolute atomic E-state index is 0.0425. The van der Waals surface area contributed by atoms with Gasteiger partial charge in [0.1, 0.15) is 0 Å². The topological polar surface area (TPSA) is 92.3 Å². The first-order valence-electron chi connectivity index (χ1n) is 9.36. The molecular formula is C20H20N4O3S3. The molecule has 7 nitrogen and oxygen atoms in total. The Morgan fingerprint density at radius 3 is 2.77 bits per heavy atom. The van der Waals surface area contributed by atoms with Gasteiger partial charge in [0.05, 0.1) is 4.90 Å². The second kappa shape index (κ2) is 8.75. The number of nitrogens with one attached hydrogen (secondary N) is 1. The Morgan fingerprint density at radius 2 is 2.00 bits per heavy atom. The van der Waals surface area contributed by atoms with Gasteiger partial charge in [-0.2, -0.15) is 0 Å². The number of aryl methyl sites for hydroxylation is 1. The zero-order valence-electron chi connectivity index (χ0n) is 16.2. The van der Waals surface area contributed by atoms with E-state index in [4.69, 9.17) is 0 Å². The summed E-state index contributed by atoms with van der Waals surface area (Å²) in [5, 5.41) is 8.27. The smallest absolute Gasteiger partial charge is 0.263 e. The number of carbonyl (C=O) groups excluding carboxylic acids is 1. The molecule has 0 saturated carbocycles. The van der Waals surface area contributed by atoms with Gasteiger partial charge in [-0.15, -0.1) is 10.2 Å². The van der Waals surface area contributed by atoms with Crippen molar-refractivity contribution < 1.29 is 13.2 Å². The summed E-state index contributed by atoms with van der Waals surface area (Å²) in [5.74, 6) is 0.693. The second-order valence-electron chi connectivity index (χ2n) is 6.82. The normalized spacial score (nSPS) is 13.7. The van der Waals surface area contributed by atoms with Crippen LogP contribution in [-0.2, 0) is 27.0 Å². The highest BCUT2D eigenvalue weighted by molar-refractivity contribution is 8.00. The molecule has 1 N–H and O–H groups in total. The third-order valence-electron chi connectivity index (χ3n) is 4.69. The predicted molar refractivity (Wildman–Crippen MR) is 120 cm³/mol. The van der Waals surface area contributed by atoms with E-state index < -0.39 is 10.0 Å². The second-order valence-corrected chi connectivity index (χ2v) is 10.7. The molecule has 0 radical (unpaired) electrons. The molecule has 0 bridgehead atoms. The summed E-state index contributed by atoms with van der Waals surface area (Å²) in [4.78, 5) is 13.6. The SMILES string of the molecule is CC(=O)N1CCCc2cc(S(=O)(=O)Nc3nnc(SCc4ccccc4)s3)ccc21. The maximum Gasteiger partial charge on any atom is 0.263 e. The number of hydrogen-bond acceptors (Lipinski definition) is 7.